The van der Waals surface area contributed by atoms with Crippen molar-refractivity contribution in [3.63, 3.8) is 0 Å². The number of hydrogen-bond acceptors (Lipinski definition) is 4. The minimum absolute atomic E-state index is 0.0125. The van der Waals surface area contributed by atoms with Gasteiger partial charge in [-0.05, 0) is 74.8 Å². The number of rotatable bonds is 7. The van der Waals surface area contributed by atoms with Gasteiger partial charge in [0.25, 0.3) is 0 Å². The Morgan fingerprint density at radius 3 is 2.33 bits per heavy atom. The van der Waals surface area contributed by atoms with E-state index in [0.717, 1.165) is 48.5 Å². The average Bonchev–Trinajstić information content (AvgIpc) is 2.74. The van der Waals surface area contributed by atoms with Crippen LogP contribution in [0.25, 0.3) is 0 Å². The Hall–Kier alpha value is -2.24. The summed E-state index contributed by atoms with van der Waals surface area (Å²) < 4.78 is 11.5. The van der Waals surface area contributed by atoms with E-state index in [1.54, 1.807) is 0 Å². The highest BCUT2D eigenvalue weighted by Crippen LogP contribution is 2.60. The van der Waals surface area contributed by atoms with Crippen LogP contribution in [0.1, 0.15) is 51.4 Å². The highest BCUT2D eigenvalue weighted by atomic mass is 16.6. The monoisotopic (exact) mass is 412 g/mol. The highest BCUT2D eigenvalue weighted by Gasteiger charge is 2.54. The van der Waals surface area contributed by atoms with Gasteiger partial charge in [-0.15, -0.1) is 0 Å². The summed E-state index contributed by atoms with van der Waals surface area (Å²) in [6.45, 7) is 1.43. The molecule has 162 valence electrons. The summed E-state index contributed by atoms with van der Waals surface area (Å²) in [6, 6.07) is 7.56. The quantitative estimate of drug-likeness (QED) is 0.675. The summed E-state index contributed by atoms with van der Waals surface area (Å²) >= 11 is 0. The molecule has 2 amide bonds. The summed E-state index contributed by atoms with van der Waals surface area (Å²) in [7, 11) is 0. The zero-order valence-electron chi connectivity index (χ0n) is 17.5. The summed E-state index contributed by atoms with van der Waals surface area (Å²) in [6.07, 6.45) is 8.16. The zero-order chi connectivity index (χ0) is 20.6. The molecule has 0 saturated heterocycles. The van der Waals surface area contributed by atoms with E-state index in [9.17, 15) is 9.59 Å². The van der Waals surface area contributed by atoms with E-state index in [1.165, 1.54) is 19.3 Å². The summed E-state index contributed by atoms with van der Waals surface area (Å²) in [5.74, 6) is 4.00. The molecule has 6 heteroatoms. The number of benzene rings is 1. The van der Waals surface area contributed by atoms with Crippen LogP contribution in [0.2, 0.25) is 0 Å². The topological polar surface area (TPSA) is 76.7 Å². The van der Waals surface area contributed by atoms with Gasteiger partial charge in [-0.1, -0.05) is 12.1 Å². The second kappa shape index (κ2) is 8.12. The van der Waals surface area contributed by atoms with Crippen LogP contribution in [-0.4, -0.2) is 37.6 Å². The Morgan fingerprint density at radius 2 is 1.63 bits per heavy atom. The molecule has 6 nitrogen and oxygen atoms in total. The van der Waals surface area contributed by atoms with Crippen LogP contribution in [0.4, 0.5) is 0 Å². The van der Waals surface area contributed by atoms with Gasteiger partial charge in [-0.25, -0.2) is 0 Å². The maximum absolute atomic E-state index is 12.9. The Morgan fingerprint density at radius 1 is 0.967 bits per heavy atom. The molecule has 1 aliphatic heterocycles. The molecule has 5 aliphatic rings. The van der Waals surface area contributed by atoms with Gasteiger partial charge < -0.3 is 20.1 Å². The molecular formula is C24H32N2O4. The van der Waals surface area contributed by atoms with E-state index < -0.39 is 0 Å². The Labute approximate surface area is 178 Å². The second-order valence-corrected chi connectivity index (χ2v) is 9.86. The van der Waals surface area contributed by atoms with E-state index >= 15 is 0 Å². The number of para-hydroxylation sites is 2. The van der Waals surface area contributed by atoms with Crippen LogP contribution in [0.3, 0.4) is 0 Å². The number of amides is 2. The molecule has 4 bridgehead atoms. The number of fused-ring (bicyclic) bond motifs is 1. The van der Waals surface area contributed by atoms with E-state index in [-0.39, 0.29) is 23.3 Å². The van der Waals surface area contributed by atoms with Gasteiger partial charge in [0.15, 0.2) is 11.5 Å². The molecular weight excluding hydrogens is 380 g/mol. The lowest BCUT2D eigenvalue weighted by atomic mass is 9.49. The number of carbonyl (C=O) groups is 2. The smallest absolute Gasteiger partial charge is 0.226 e. The number of carbonyl (C=O) groups excluding carboxylic acids is 2. The van der Waals surface area contributed by atoms with Crippen molar-refractivity contribution in [3.05, 3.63) is 24.3 Å². The first-order chi connectivity index (χ1) is 14.6. The summed E-state index contributed by atoms with van der Waals surface area (Å²) in [4.78, 5) is 25.1. The molecule has 30 heavy (non-hydrogen) atoms. The molecule has 1 atom stereocenters. The van der Waals surface area contributed by atoms with Crippen molar-refractivity contribution in [2.75, 3.05) is 19.7 Å². The van der Waals surface area contributed by atoms with Crippen molar-refractivity contribution >= 4 is 11.8 Å². The van der Waals surface area contributed by atoms with Gasteiger partial charge in [0.05, 0.1) is 6.54 Å². The molecule has 4 fully saturated rings. The van der Waals surface area contributed by atoms with Gasteiger partial charge in [0.1, 0.15) is 12.7 Å². The first-order valence-corrected chi connectivity index (χ1v) is 11.5. The fraction of sp³-hybridized carbons (Fsp3) is 0.667. The maximum atomic E-state index is 12.9. The fourth-order valence-electron chi connectivity index (χ4n) is 6.51. The van der Waals surface area contributed by atoms with Crippen LogP contribution in [-0.2, 0) is 9.59 Å². The fourth-order valence-corrected chi connectivity index (χ4v) is 6.51. The van der Waals surface area contributed by atoms with E-state index in [2.05, 4.69) is 10.6 Å². The van der Waals surface area contributed by atoms with Gasteiger partial charge in [0, 0.05) is 18.4 Å². The van der Waals surface area contributed by atoms with Crippen molar-refractivity contribution in [1.82, 2.24) is 10.6 Å². The first kappa shape index (κ1) is 19.7. The van der Waals surface area contributed by atoms with Crippen LogP contribution < -0.4 is 20.1 Å². The third kappa shape index (κ3) is 4.01. The molecule has 6 rings (SSSR count). The average molecular weight is 413 g/mol. The molecule has 0 spiro atoms. The Kier molecular flexibility index (Phi) is 5.34. The van der Waals surface area contributed by atoms with E-state index in [1.807, 2.05) is 24.3 Å². The SMILES string of the molecule is O=C(CCCNC(=O)C12CC3CC(CC(C3)C1)C2)NC[C@H]1COc2ccccc2O1. The molecule has 1 aromatic carbocycles. The molecule has 4 saturated carbocycles. The molecule has 0 unspecified atom stereocenters. The lowest BCUT2D eigenvalue weighted by Gasteiger charge is -2.55. The van der Waals surface area contributed by atoms with E-state index in [0.29, 0.717) is 32.5 Å². The van der Waals surface area contributed by atoms with Crippen LogP contribution >= 0.6 is 0 Å². The molecule has 2 N–H and O–H groups in total. The Bertz CT molecular complexity index is 773. The third-order valence-corrected chi connectivity index (χ3v) is 7.48. The molecule has 1 heterocycles. The predicted molar refractivity (Wildman–Crippen MR) is 112 cm³/mol. The van der Waals surface area contributed by atoms with Gasteiger partial charge in [0.2, 0.25) is 11.8 Å². The molecule has 0 aromatic heterocycles. The largest absolute Gasteiger partial charge is 0.486 e. The van der Waals surface area contributed by atoms with Gasteiger partial charge >= 0.3 is 0 Å². The second-order valence-electron chi connectivity index (χ2n) is 9.86. The molecule has 4 aliphatic carbocycles. The van der Waals surface area contributed by atoms with E-state index in [4.69, 9.17) is 9.47 Å². The van der Waals surface area contributed by atoms with Crippen LogP contribution in [0.15, 0.2) is 24.3 Å². The molecule has 0 radical (unpaired) electrons. The standard InChI is InChI=1S/C24H32N2O4/c27-22(26-14-19-15-29-20-4-1-2-5-21(20)30-19)6-3-7-25-23(28)24-11-16-8-17(12-24)10-18(9-16)13-24/h1-2,4-5,16-19H,3,6-15H2,(H,25,28)(H,26,27)/t16?,17?,18?,19-,24?/m0/s1. The van der Waals surface area contributed by atoms with Crippen molar-refractivity contribution in [2.24, 2.45) is 23.2 Å². The van der Waals surface area contributed by atoms with Crippen molar-refractivity contribution in [3.8, 4) is 11.5 Å². The third-order valence-electron chi connectivity index (χ3n) is 7.48. The molecule has 1 aromatic rings. The minimum atomic E-state index is -0.181. The minimum Gasteiger partial charge on any atom is -0.486 e. The zero-order valence-corrected chi connectivity index (χ0v) is 17.5. The summed E-state index contributed by atoms with van der Waals surface area (Å²) in [5, 5.41) is 6.07. The first-order valence-electron chi connectivity index (χ1n) is 11.5. The van der Waals surface area contributed by atoms with Crippen molar-refractivity contribution in [2.45, 2.75) is 57.5 Å². The van der Waals surface area contributed by atoms with Gasteiger partial charge in [-0.2, -0.15) is 0 Å². The van der Waals surface area contributed by atoms with Crippen molar-refractivity contribution in [1.29, 1.82) is 0 Å². The predicted octanol–water partition coefficient (Wildman–Crippen LogP) is 3.06. The number of nitrogens with one attached hydrogen (secondary N) is 2. The lowest BCUT2D eigenvalue weighted by Crippen LogP contribution is -2.53. The lowest BCUT2D eigenvalue weighted by molar-refractivity contribution is -0.146. The summed E-state index contributed by atoms with van der Waals surface area (Å²) in [5.41, 5.74) is -0.106. The van der Waals surface area contributed by atoms with Crippen LogP contribution in [0, 0.1) is 23.2 Å². The van der Waals surface area contributed by atoms with Gasteiger partial charge in [-0.3, -0.25) is 9.59 Å². The Balaban J connectivity index is 1.00. The number of hydrogen-bond donors (Lipinski definition) is 2. The maximum Gasteiger partial charge on any atom is 0.226 e. The van der Waals surface area contributed by atoms with Crippen molar-refractivity contribution < 1.29 is 19.1 Å². The normalized spacial score (nSPS) is 33.2. The van der Waals surface area contributed by atoms with Crippen LogP contribution in [0.5, 0.6) is 11.5 Å². The highest BCUT2D eigenvalue weighted by molar-refractivity contribution is 5.83. The number of ether oxygens (including phenoxy) is 2.